The molecule has 5 nitrogen and oxygen atoms in total. The second-order valence-electron chi connectivity index (χ2n) is 2.13. The van der Waals surface area contributed by atoms with Crippen LogP contribution in [0.2, 0.25) is 0 Å². The molecule has 1 amide bonds. The van der Waals surface area contributed by atoms with Crippen LogP contribution >= 0.6 is 0 Å². The largest absolute Gasteiger partial charge is 0.372 e. The van der Waals surface area contributed by atoms with Crippen molar-refractivity contribution in [2.45, 2.75) is 0 Å². The fourth-order valence-corrected chi connectivity index (χ4v) is 0.715. The summed E-state index contributed by atoms with van der Waals surface area (Å²) in [6.07, 6.45) is 0. The van der Waals surface area contributed by atoms with Crippen molar-refractivity contribution in [1.29, 1.82) is 0 Å². The lowest BCUT2D eigenvalue weighted by Crippen LogP contribution is -2.19. The van der Waals surface area contributed by atoms with Gasteiger partial charge in [0.1, 0.15) is 5.82 Å². The Balaban J connectivity index is 2.84. The highest BCUT2D eigenvalue weighted by atomic mass is 16.1. The molecule has 1 aromatic heterocycles. The van der Waals surface area contributed by atoms with E-state index in [-0.39, 0.29) is 5.91 Å². The minimum absolute atomic E-state index is 0.231. The Hall–Kier alpha value is -1.65. The van der Waals surface area contributed by atoms with Gasteiger partial charge in [0.25, 0.3) is 5.91 Å². The first-order valence-corrected chi connectivity index (χ1v) is 3.51. The lowest BCUT2D eigenvalue weighted by atomic mass is 10.3. The highest BCUT2D eigenvalue weighted by molar-refractivity contribution is 5.91. The molecule has 0 unspecified atom stereocenters. The lowest BCUT2D eigenvalue weighted by molar-refractivity contribution is 0.0957. The van der Waals surface area contributed by atoms with Gasteiger partial charge in [0.2, 0.25) is 0 Å². The summed E-state index contributed by atoms with van der Waals surface area (Å²) in [5.74, 6) is 0.410. The van der Waals surface area contributed by atoms with E-state index in [1.165, 1.54) is 0 Å². The van der Waals surface area contributed by atoms with Gasteiger partial charge in [-0.25, -0.2) is 0 Å². The molecule has 1 aromatic rings. The Bertz CT molecular complexity index is 269. The van der Waals surface area contributed by atoms with Crippen LogP contribution in [-0.4, -0.2) is 30.2 Å². The van der Waals surface area contributed by atoms with Gasteiger partial charge < -0.3 is 10.6 Å². The van der Waals surface area contributed by atoms with Crippen LogP contribution in [0.4, 0.5) is 5.82 Å². The van der Waals surface area contributed by atoms with Crippen molar-refractivity contribution in [3.8, 4) is 0 Å². The number of carbonyl (C=O) groups is 1. The summed E-state index contributed by atoms with van der Waals surface area (Å²) in [5, 5.41) is 12.7. The van der Waals surface area contributed by atoms with E-state index in [0.717, 1.165) is 0 Å². The van der Waals surface area contributed by atoms with Gasteiger partial charge >= 0.3 is 0 Å². The number of anilines is 1. The zero-order valence-corrected chi connectivity index (χ0v) is 6.96. The number of hydrogen-bond donors (Lipinski definition) is 2. The van der Waals surface area contributed by atoms with Crippen molar-refractivity contribution < 1.29 is 4.79 Å². The number of carbonyl (C=O) groups excluding carboxylic acids is 1. The van der Waals surface area contributed by atoms with Crippen LogP contribution < -0.4 is 10.6 Å². The third kappa shape index (κ3) is 1.69. The Morgan fingerprint density at radius 3 is 2.50 bits per heavy atom. The predicted molar refractivity (Wildman–Crippen MR) is 45.0 cm³/mol. The van der Waals surface area contributed by atoms with Gasteiger partial charge in [-0.05, 0) is 12.1 Å². The Kier molecular flexibility index (Phi) is 2.57. The molecule has 0 bridgehead atoms. The van der Waals surface area contributed by atoms with Crippen LogP contribution in [0.25, 0.3) is 0 Å². The first-order valence-electron chi connectivity index (χ1n) is 3.51. The van der Waals surface area contributed by atoms with Gasteiger partial charge in [-0.1, -0.05) is 0 Å². The number of hydrogen-bond acceptors (Lipinski definition) is 4. The van der Waals surface area contributed by atoms with E-state index in [2.05, 4.69) is 20.8 Å². The quantitative estimate of drug-likeness (QED) is 0.642. The van der Waals surface area contributed by atoms with E-state index in [0.29, 0.717) is 11.5 Å². The number of nitrogens with one attached hydrogen (secondary N) is 2. The lowest BCUT2D eigenvalue weighted by Gasteiger charge is -1.99. The first-order chi connectivity index (χ1) is 5.77. The summed E-state index contributed by atoms with van der Waals surface area (Å²) in [4.78, 5) is 11.0. The molecule has 0 aliphatic heterocycles. The summed E-state index contributed by atoms with van der Waals surface area (Å²) in [7, 11) is 3.29. The fraction of sp³-hybridized carbons (Fsp3) is 0.286. The smallest absolute Gasteiger partial charge is 0.271 e. The molecule has 0 radical (unpaired) electrons. The summed E-state index contributed by atoms with van der Waals surface area (Å²) in [6.45, 7) is 0. The summed E-state index contributed by atoms with van der Waals surface area (Å²) >= 11 is 0. The molecule has 0 aliphatic rings. The van der Waals surface area contributed by atoms with Crippen LogP contribution in [0.15, 0.2) is 12.1 Å². The van der Waals surface area contributed by atoms with Gasteiger partial charge in [-0.15, -0.1) is 10.2 Å². The minimum Gasteiger partial charge on any atom is -0.372 e. The van der Waals surface area contributed by atoms with E-state index in [1.807, 2.05) is 0 Å². The Labute approximate surface area is 70.2 Å². The molecular weight excluding hydrogens is 156 g/mol. The van der Waals surface area contributed by atoms with Crippen LogP contribution in [0, 0.1) is 0 Å². The molecule has 0 aromatic carbocycles. The summed E-state index contributed by atoms with van der Waals surface area (Å²) in [6, 6.07) is 3.30. The van der Waals surface area contributed by atoms with Crippen molar-refractivity contribution in [2.24, 2.45) is 0 Å². The van der Waals surface area contributed by atoms with Crippen molar-refractivity contribution >= 4 is 11.7 Å². The third-order valence-corrected chi connectivity index (χ3v) is 1.38. The zero-order valence-electron chi connectivity index (χ0n) is 6.96. The standard InChI is InChI=1S/C7H10N4O/c1-8-6-4-3-5(10-11-6)7(12)9-2/h3-4H,1-2H3,(H,8,11)(H,9,12). The fourth-order valence-electron chi connectivity index (χ4n) is 0.715. The molecule has 1 heterocycles. The second-order valence-corrected chi connectivity index (χ2v) is 2.13. The SMILES string of the molecule is CNC(=O)c1ccc(NC)nn1. The molecule has 0 spiro atoms. The normalized spacial score (nSPS) is 9.17. The zero-order chi connectivity index (χ0) is 8.97. The topological polar surface area (TPSA) is 66.9 Å². The molecule has 2 N–H and O–H groups in total. The van der Waals surface area contributed by atoms with Crippen LogP contribution in [0.3, 0.4) is 0 Å². The predicted octanol–water partition coefficient (Wildman–Crippen LogP) is -0.122. The number of nitrogens with zero attached hydrogens (tertiary/aromatic N) is 2. The Morgan fingerprint density at radius 1 is 1.33 bits per heavy atom. The van der Waals surface area contributed by atoms with E-state index >= 15 is 0 Å². The molecular formula is C7H10N4O. The Morgan fingerprint density at radius 2 is 2.08 bits per heavy atom. The average Bonchev–Trinajstić information content (AvgIpc) is 2.17. The van der Waals surface area contributed by atoms with Gasteiger partial charge in [-0.2, -0.15) is 0 Å². The molecule has 5 heteroatoms. The summed E-state index contributed by atoms with van der Waals surface area (Å²) < 4.78 is 0. The van der Waals surface area contributed by atoms with Crippen molar-refractivity contribution in [2.75, 3.05) is 19.4 Å². The molecule has 0 atom stereocenters. The molecule has 0 saturated heterocycles. The van der Waals surface area contributed by atoms with E-state index in [9.17, 15) is 4.79 Å². The maximum Gasteiger partial charge on any atom is 0.271 e. The number of amides is 1. The second kappa shape index (κ2) is 3.66. The number of rotatable bonds is 2. The number of aromatic nitrogens is 2. The molecule has 0 aliphatic carbocycles. The maximum atomic E-state index is 11.0. The first kappa shape index (κ1) is 8.45. The van der Waals surface area contributed by atoms with Crippen LogP contribution in [0.5, 0.6) is 0 Å². The average molecular weight is 166 g/mol. The van der Waals surface area contributed by atoms with Crippen LogP contribution in [0.1, 0.15) is 10.5 Å². The minimum atomic E-state index is -0.231. The highest BCUT2D eigenvalue weighted by Crippen LogP contribution is 1.99. The molecule has 0 saturated carbocycles. The highest BCUT2D eigenvalue weighted by Gasteiger charge is 2.03. The molecule has 12 heavy (non-hydrogen) atoms. The molecule has 1 rings (SSSR count). The van der Waals surface area contributed by atoms with Gasteiger partial charge in [0.05, 0.1) is 0 Å². The van der Waals surface area contributed by atoms with E-state index in [1.54, 1.807) is 26.2 Å². The monoisotopic (exact) mass is 166 g/mol. The van der Waals surface area contributed by atoms with Gasteiger partial charge in [-0.3, -0.25) is 4.79 Å². The van der Waals surface area contributed by atoms with Crippen molar-refractivity contribution in [3.63, 3.8) is 0 Å². The van der Waals surface area contributed by atoms with Crippen LogP contribution in [-0.2, 0) is 0 Å². The van der Waals surface area contributed by atoms with E-state index < -0.39 is 0 Å². The van der Waals surface area contributed by atoms with E-state index in [4.69, 9.17) is 0 Å². The third-order valence-electron chi connectivity index (χ3n) is 1.38. The van der Waals surface area contributed by atoms with Gasteiger partial charge in [0, 0.05) is 14.1 Å². The molecule has 64 valence electrons. The van der Waals surface area contributed by atoms with Crippen molar-refractivity contribution in [3.05, 3.63) is 17.8 Å². The van der Waals surface area contributed by atoms with Crippen molar-refractivity contribution in [1.82, 2.24) is 15.5 Å². The molecule has 0 fully saturated rings. The maximum absolute atomic E-state index is 11.0. The summed E-state index contributed by atoms with van der Waals surface area (Å²) in [5.41, 5.74) is 0.316. The van der Waals surface area contributed by atoms with Gasteiger partial charge in [0.15, 0.2) is 5.69 Å².